The van der Waals surface area contributed by atoms with Gasteiger partial charge in [0.25, 0.3) is 5.91 Å². The van der Waals surface area contributed by atoms with Crippen molar-refractivity contribution in [3.8, 4) is 0 Å². The minimum Gasteiger partial charge on any atom is -0.407 e. The Morgan fingerprint density at radius 2 is 2.12 bits per heavy atom. The van der Waals surface area contributed by atoms with Gasteiger partial charge in [-0.3, -0.25) is 10.1 Å². The second kappa shape index (κ2) is 7.94. The summed E-state index contributed by atoms with van der Waals surface area (Å²) < 4.78 is 5.46. The van der Waals surface area contributed by atoms with Crippen LogP contribution in [0.2, 0.25) is 0 Å². The van der Waals surface area contributed by atoms with Crippen molar-refractivity contribution in [2.45, 2.75) is 11.3 Å². The van der Waals surface area contributed by atoms with Crippen LogP contribution < -0.4 is 5.32 Å². The maximum atomic E-state index is 11.8. The highest BCUT2D eigenvalue weighted by Gasteiger charge is 2.09. The van der Waals surface area contributed by atoms with E-state index in [2.05, 4.69) is 27.6 Å². The quantitative estimate of drug-likeness (QED) is 0.531. The van der Waals surface area contributed by atoms with Crippen LogP contribution in [0.1, 0.15) is 16.3 Å². The molecular weight excluding hydrogens is 342 g/mol. The smallest absolute Gasteiger partial charge is 0.322 e. The van der Waals surface area contributed by atoms with Crippen molar-refractivity contribution in [2.75, 3.05) is 11.6 Å². The maximum absolute atomic E-state index is 11.8. The first-order valence-electron chi connectivity index (χ1n) is 7.21. The minimum absolute atomic E-state index is 0.103. The van der Waals surface area contributed by atoms with Gasteiger partial charge >= 0.3 is 6.01 Å². The van der Waals surface area contributed by atoms with E-state index in [1.807, 2.05) is 35.9 Å². The first kappa shape index (κ1) is 16.5. The van der Waals surface area contributed by atoms with Crippen LogP contribution in [-0.2, 0) is 11.2 Å². The number of benzene rings is 1. The molecule has 7 heteroatoms. The zero-order chi connectivity index (χ0) is 16.8. The Kier molecular flexibility index (Phi) is 5.45. The highest BCUT2D eigenvalue weighted by atomic mass is 32.2. The number of nitrogens with one attached hydrogen (secondary N) is 1. The molecule has 0 aliphatic carbocycles. The summed E-state index contributed by atoms with van der Waals surface area (Å²) >= 11 is 3.25. The number of hydrogen-bond acceptors (Lipinski definition) is 6. The lowest BCUT2D eigenvalue weighted by Crippen LogP contribution is -2.07. The summed E-state index contributed by atoms with van der Waals surface area (Å²) in [5.41, 5.74) is 1.08. The predicted octanol–water partition coefficient (Wildman–Crippen LogP) is 4.10. The summed E-state index contributed by atoms with van der Waals surface area (Å²) in [5, 5.41) is 12.3. The van der Waals surface area contributed by atoms with Gasteiger partial charge in [0.2, 0.25) is 5.89 Å². The third-order valence-corrected chi connectivity index (χ3v) is 4.73. The van der Waals surface area contributed by atoms with Crippen molar-refractivity contribution in [3.63, 3.8) is 0 Å². The molecule has 24 heavy (non-hydrogen) atoms. The van der Waals surface area contributed by atoms with E-state index in [1.54, 1.807) is 29.2 Å². The lowest BCUT2D eigenvalue weighted by atomic mass is 10.1. The molecule has 0 spiro atoms. The summed E-state index contributed by atoms with van der Waals surface area (Å²) in [6.45, 7) is 0. The minimum atomic E-state index is -0.303. The van der Waals surface area contributed by atoms with Gasteiger partial charge in [-0.1, -0.05) is 23.3 Å². The van der Waals surface area contributed by atoms with E-state index in [9.17, 15) is 4.79 Å². The van der Waals surface area contributed by atoms with Crippen molar-refractivity contribution >= 4 is 41.1 Å². The molecule has 0 atom stereocenters. The van der Waals surface area contributed by atoms with Gasteiger partial charge in [-0.15, -0.1) is 28.2 Å². The highest BCUT2D eigenvalue weighted by molar-refractivity contribution is 7.98. The lowest BCUT2D eigenvalue weighted by Gasteiger charge is -1.99. The molecule has 5 nitrogen and oxygen atoms in total. The fourth-order valence-corrected chi connectivity index (χ4v) is 3.01. The van der Waals surface area contributed by atoms with Gasteiger partial charge in [0, 0.05) is 15.8 Å². The SMILES string of the molecule is CSc1ccc(Cc2nnc(NC(=O)C=Cc3cccs3)o2)cc1. The Hall–Kier alpha value is -2.38. The van der Waals surface area contributed by atoms with Crippen LogP contribution >= 0.6 is 23.1 Å². The lowest BCUT2D eigenvalue weighted by molar-refractivity contribution is -0.112. The standard InChI is InChI=1S/C17H15N3O2S2/c1-23-13-6-4-12(5-7-13)11-16-19-20-17(22-16)18-15(21)9-8-14-3-2-10-24-14/h2-10H,11H2,1H3,(H,18,20,21). The Bertz CT molecular complexity index is 824. The molecule has 0 saturated heterocycles. The van der Waals surface area contributed by atoms with E-state index in [0.717, 1.165) is 10.4 Å². The predicted molar refractivity (Wildman–Crippen MR) is 97.3 cm³/mol. The van der Waals surface area contributed by atoms with E-state index in [1.165, 1.54) is 11.0 Å². The third kappa shape index (κ3) is 4.56. The van der Waals surface area contributed by atoms with Gasteiger partial charge in [-0.2, -0.15) is 0 Å². The van der Waals surface area contributed by atoms with Gasteiger partial charge in [0.1, 0.15) is 0 Å². The van der Waals surface area contributed by atoms with Crippen molar-refractivity contribution in [2.24, 2.45) is 0 Å². The number of anilines is 1. The fraction of sp³-hybridized carbons (Fsp3) is 0.118. The number of nitrogens with zero attached hydrogens (tertiary/aromatic N) is 2. The van der Waals surface area contributed by atoms with Crippen LogP contribution in [0, 0.1) is 0 Å². The molecule has 3 aromatic rings. The summed E-state index contributed by atoms with van der Waals surface area (Å²) in [6.07, 6.45) is 5.75. The molecule has 0 aliphatic heterocycles. The van der Waals surface area contributed by atoms with Crippen LogP contribution in [0.3, 0.4) is 0 Å². The van der Waals surface area contributed by atoms with Crippen molar-refractivity contribution in [3.05, 3.63) is 64.2 Å². The molecule has 2 heterocycles. The van der Waals surface area contributed by atoms with Crippen molar-refractivity contribution < 1.29 is 9.21 Å². The summed E-state index contributed by atoms with van der Waals surface area (Å²) in [4.78, 5) is 14.0. The second-order valence-corrected chi connectivity index (χ2v) is 6.72. The number of thiophene rings is 1. The van der Waals surface area contributed by atoms with E-state index >= 15 is 0 Å². The number of hydrogen-bond donors (Lipinski definition) is 1. The summed E-state index contributed by atoms with van der Waals surface area (Å²) in [6, 6.07) is 12.1. The molecule has 0 fully saturated rings. The fourth-order valence-electron chi connectivity index (χ4n) is 1.98. The molecular formula is C17H15N3O2S2. The Morgan fingerprint density at radius 1 is 1.29 bits per heavy atom. The molecule has 0 radical (unpaired) electrons. The average molecular weight is 357 g/mol. The first-order chi connectivity index (χ1) is 11.7. The van der Waals surface area contributed by atoms with Gasteiger partial charge in [0.15, 0.2) is 0 Å². The number of carbonyl (C=O) groups excluding carboxylic acids is 1. The molecule has 0 aliphatic rings. The highest BCUT2D eigenvalue weighted by Crippen LogP contribution is 2.17. The van der Waals surface area contributed by atoms with Gasteiger partial charge in [-0.05, 0) is 41.5 Å². The van der Waals surface area contributed by atoms with Crippen molar-refractivity contribution in [1.29, 1.82) is 0 Å². The molecule has 0 unspecified atom stereocenters. The summed E-state index contributed by atoms with van der Waals surface area (Å²) in [7, 11) is 0. The number of carbonyl (C=O) groups is 1. The van der Waals surface area contributed by atoms with E-state index in [-0.39, 0.29) is 11.9 Å². The van der Waals surface area contributed by atoms with E-state index in [0.29, 0.717) is 12.3 Å². The van der Waals surface area contributed by atoms with Gasteiger partial charge in [-0.25, -0.2) is 0 Å². The third-order valence-electron chi connectivity index (χ3n) is 3.15. The molecule has 1 N–H and O–H groups in total. The number of amides is 1. The Labute approximate surface area is 147 Å². The van der Waals surface area contributed by atoms with Crippen LogP contribution in [-0.4, -0.2) is 22.4 Å². The Balaban J connectivity index is 1.57. The molecule has 122 valence electrons. The largest absolute Gasteiger partial charge is 0.407 e. The molecule has 0 bridgehead atoms. The molecule has 1 aromatic carbocycles. The Morgan fingerprint density at radius 3 is 2.83 bits per heavy atom. The van der Waals surface area contributed by atoms with E-state index < -0.39 is 0 Å². The zero-order valence-electron chi connectivity index (χ0n) is 12.9. The number of thioether (sulfide) groups is 1. The van der Waals surface area contributed by atoms with Gasteiger partial charge < -0.3 is 4.42 Å². The van der Waals surface area contributed by atoms with Crippen LogP contribution in [0.4, 0.5) is 6.01 Å². The van der Waals surface area contributed by atoms with Crippen LogP contribution in [0.15, 0.2) is 57.2 Å². The normalized spacial score (nSPS) is 11.0. The maximum Gasteiger partial charge on any atom is 0.322 e. The average Bonchev–Trinajstić information content (AvgIpc) is 3.26. The first-order valence-corrected chi connectivity index (χ1v) is 9.31. The monoisotopic (exact) mass is 357 g/mol. The van der Waals surface area contributed by atoms with Crippen LogP contribution in [0.25, 0.3) is 6.08 Å². The number of aromatic nitrogens is 2. The topological polar surface area (TPSA) is 68.0 Å². The van der Waals surface area contributed by atoms with E-state index in [4.69, 9.17) is 4.42 Å². The molecule has 1 amide bonds. The van der Waals surface area contributed by atoms with Crippen LogP contribution in [0.5, 0.6) is 0 Å². The molecule has 2 aromatic heterocycles. The van der Waals surface area contributed by atoms with Crippen molar-refractivity contribution in [1.82, 2.24) is 10.2 Å². The second-order valence-electron chi connectivity index (χ2n) is 4.86. The molecule has 3 rings (SSSR count). The number of rotatable bonds is 6. The molecule has 0 saturated carbocycles. The van der Waals surface area contributed by atoms with Gasteiger partial charge in [0.05, 0.1) is 6.42 Å². The zero-order valence-corrected chi connectivity index (χ0v) is 14.6. The summed E-state index contributed by atoms with van der Waals surface area (Å²) in [5.74, 6) is 0.160.